The zero-order chi connectivity index (χ0) is 19.5. The molecule has 1 N–H and O–H groups in total. The molecule has 4 aromatic rings. The summed E-state index contributed by atoms with van der Waals surface area (Å²) in [6.45, 7) is 0.507. The lowest BCUT2D eigenvalue weighted by molar-refractivity contribution is 0.414. The lowest BCUT2D eigenvalue weighted by atomic mass is 10.2. The summed E-state index contributed by atoms with van der Waals surface area (Å²) in [5.41, 5.74) is 2.65. The average molecular weight is 394 g/mol. The van der Waals surface area contributed by atoms with Crippen LogP contribution in [0.5, 0.6) is 11.5 Å². The lowest BCUT2D eigenvalue weighted by Gasteiger charge is -2.04. The second-order valence-electron chi connectivity index (χ2n) is 6.02. The van der Waals surface area contributed by atoms with E-state index in [-0.39, 0.29) is 0 Å². The zero-order valence-electron chi connectivity index (χ0n) is 15.4. The Morgan fingerprint density at radius 2 is 1.61 bits per heavy atom. The molecule has 0 bridgehead atoms. The molecular formula is C19H18N6O2S. The van der Waals surface area contributed by atoms with Crippen LogP contribution in [0.25, 0.3) is 17.1 Å². The zero-order valence-corrected chi connectivity index (χ0v) is 16.2. The van der Waals surface area contributed by atoms with Gasteiger partial charge in [0.15, 0.2) is 0 Å². The van der Waals surface area contributed by atoms with Crippen molar-refractivity contribution in [3.63, 3.8) is 0 Å². The number of nitrogens with zero attached hydrogens (tertiary/aromatic N) is 5. The van der Waals surface area contributed by atoms with E-state index < -0.39 is 0 Å². The van der Waals surface area contributed by atoms with Gasteiger partial charge < -0.3 is 9.47 Å². The van der Waals surface area contributed by atoms with Crippen molar-refractivity contribution in [2.45, 2.75) is 6.54 Å². The van der Waals surface area contributed by atoms with Crippen molar-refractivity contribution in [3.8, 4) is 28.6 Å². The first-order valence-electron chi connectivity index (χ1n) is 8.54. The van der Waals surface area contributed by atoms with Crippen molar-refractivity contribution in [1.29, 1.82) is 0 Å². The third-order valence-electron chi connectivity index (χ3n) is 4.28. The topological polar surface area (TPSA) is 82.8 Å². The van der Waals surface area contributed by atoms with Crippen LogP contribution in [0.1, 0.15) is 5.56 Å². The highest BCUT2D eigenvalue weighted by molar-refractivity contribution is 7.71. The summed E-state index contributed by atoms with van der Waals surface area (Å²) in [6, 6.07) is 15.3. The second-order valence-corrected chi connectivity index (χ2v) is 6.40. The van der Waals surface area contributed by atoms with Crippen molar-refractivity contribution in [2.75, 3.05) is 14.2 Å². The van der Waals surface area contributed by atoms with Crippen LogP contribution < -0.4 is 9.47 Å². The van der Waals surface area contributed by atoms with Gasteiger partial charge >= 0.3 is 0 Å². The van der Waals surface area contributed by atoms with Crippen LogP contribution in [0.3, 0.4) is 0 Å². The predicted molar refractivity (Wildman–Crippen MR) is 106 cm³/mol. The fourth-order valence-electron chi connectivity index (χ4n) is 2.77. The summed E-state index contributed by atoms with van der Waals surface area (Å²) in [5.74, 6) is 2.06. The van der Waals surface area contributed by atoms with E-state index in [0.29, 0.717) is 22.6 Å². The molecule has 0 unspecified atom stereocenters. The molecule has 0 amide bonds. The van der Waals surface area contributed by atoms with Crippen molar-refractivity contribution in [3.05, 3.63) is 64.9 Å². The number of aromatic nitrogens is 6. The number of tetrazole rings is 1. The molecule has 0 saturated carbocycles. The van der Waals surface area contributed by atoms with Gasteiger partial charge in [-0.1, -0.05) is 24.4 Å². The summed E-state index contributed by atoms with van der Waals surface area (Å²) in [5, 5.41) is 15.9. The molecule has 4 rings (SSSR count). The van der Waals surface area contributed by atoms with Gasteiger partial charge in [0.05, 0.1) is 32.0 Å². The molecule has 2 aromatic carbocycles. The number of aromatic amines is 1. The minimum atomic E-state index is 0.474. The highest BCUT2D eigenvalue weighted by Crippen LogP contribution is 2.20. The fourth-order valence-corrected chi connectivity index (χ4v) is 3.07. The standard InChI is InChI=1S/C19H18N6O2S/c1-26-15-7-3-13(4-8-15)12-24-22-18(21-23-24)17-11-20-25(19(17)28)14-5-9-16(27-2)10-6-14/h3-11,20H,12H2,1-2H3. The third-order valence-corrected chi connectivity index (χ3v) is 4.68. The van der Waals surface area contributed by atoms with Crippen LogP contribution in [-0.4, -0.2) is 44.2 Å². The maximum absolute atomic E-state index is 5.59. The minimum absolute atomic E-state index is 0.474. The Kier molecular flexibility index (Phi) is 4.90. The van der Waals surface area contributed by atoms with Gasteiger partial charge in [-0.15, -0.1) is 10.2 Å². The number of nitrogens with one attached hydrogen (secondary N) is 1. The minimum Gasteiger partial charge on any atom is -0.497 e. The van der Waals surface area contributed by atoms with Crippen molar-refractivity contribution in [1.82, 2.24) is 30.0 Å². The maximum Gasteiger partial charge on any atom is 0.209 e. The molecule has 0 atom stereocenters. The van der Waals surface area contributed by atoms with E-state index >= 15 is 0 Å². The Bertz CT molecular complexity index is 1130. The van der Waals surface area contributed by atoms with E-state index in [1.165, 1.54) is 4.80 Å². The number of hydrogen-bond donors (Lipinski definition) is 1. The Morgan fingerprint density at radius 1 is 0.964 bits per heavy atom. The third kappa shape index (κ3) is 3.52. The van der Waals surface area contributed by atoms with Crippen molar-refractivity contribution >= 4 is 12.2 Å². The largest absolute Gasteiger partial charge is 0.497 e. The first-order valence-corrected chi connectivity index (χ1v) is 8.95. The number of methoxy groups -OCH3 is 2. The highest BCUT2D eigenvalue weighted by Gasteiger charge is 2.13. The molecule has 142 valence electrons. The molecule has 0 aliphatic heterocycles. The first-order chi connectivity index (χ1) is 13.7. The van der Waals surface area contributed by atoms with Gasteiger partial charge in [0.2, 0.25) is 5.82 Å². The van der Waals surface area contributed by atoms with Crippen LogP contribution in [0.4, 0.5) is 0 Å². The van der Waals surface area contributed by atoms with Gasteiger partial charge in [-0.2, -0.15) is 4.80 Å². The maximum atomic E-state index is 5.59. The number of rotatable bonds is 6. The Morgan fingerprint density at radius 3 is 2.25 bits per heavy atom. The van der Waals surface area contributed by atoms with E-state index in [1.54, 1.807) is 25.1 Å². The van der Waals surface area contributed by atoms with Crippen LogP contribution in [-0.2, 0) is 6.54 Å². The van der Waals surface area contributed by atoms with E-state index in [2.05, 4.69) is 20.5 Å². The number of ether oxygens (including phenoxy) is 2. The van der Waals surface area contributed by atoms with E-state index in [1.807, 2.05) is 48.5 Å². The van der Waals surface area contributed by atoms with Gasteiger partial charge in [0.1, 0.15) is 16.1 Å². The number of hydrogen-bond acceptors (Lipinski definition) is 6. The molecule has 2 heterocycles. The molecule has 0 radical (unpaired) electrons. The van der Waals surface area contributed by atoms with E-state index in [4.69, 9.17) is 21.7 Å². The fraction of sp³-hybridized carbons (Fsp3) is 0.158. The molecule has 28 heavy (non-hydrogen) atoms. The normalized spacial score (nSPS) is 10.8. The molecule has 2 aromatic heterocycles. The van der Waals surface area contributed by atoms with Gasteiger partial charge in [-0.25, -0.2) is 4.68 Å². The quantitative estimate of drug-likeness (QED) is 0.506. The summed E-state index contributed by atoms with van der Waals surface area (Å²) >= 11 is 5.59. The van der Waals surface area contributed by atoms with Crippen LogP contribution in [0, 0.1) is 4.64 Å². The first kappa shape index (κ1) is 17.9. The molecule has 0 fully saturated rings. The van der Waals surface area contributed by atoms with Gasteiger partial charge in [-0.05, 0) is 47.2 Å². The number of benzene rings is 2. The molecular weight excluding hydrogens is 376 g/mol. The van der Waals surface area contributed by atoms with Crippen LogP contribution >= 0.6 is 12.2 Å². The summed E-state index contributed by atoms with van der Waals surface area (Å²) in [7, 11) is 3.27. The molecule has 0 saturated heterocycles. The monoisotopic (exact) mass is 394 g/mol. The predicted octanol–water partition coefficient (Wildman–Crippen LogP) is 3.25. The van der Waals surface area contributed by atoms with Crippen molar-refractivity contribution in [2.24, 2.45) is 0 Å². The van der Waals surface area contributed by atoms with Crippen molar-refractivity contribution < 1.29 is 9.47 Å². The molecule has 0 aliphatic rings. The molecule has 9 heteroatoms. The molecule has 0 aliphatic carbocycles. The second kappa shape index (κ2) is 7.65. The Hall–Kier alpha value is -3.46. The van der Waals surface area contributed by atoms with E-state index in [9.17, 15) is 0 Å². The highest BCUT2D eigenvalue weighted by atomic mass is 32.1. The Balaban J connectivity index is 1.56. The van der Waals surface area contributed by atoms with Gasteiger partial charge in [0.25, 0.3) is 0 Å². The summed E-state index contributed by atoms with van der Waals surface area (Å²) < 4.78 is 12.7. The molecule has 0 spiro atoms. The summed E-state index contributed by atoms with van der Waals surface area (Å²) in [6.07, 6.45) is 1.78. The van der Waals surface area contributed by atoms with E-state index in [0.717, 1.165) is 22.7 Å². The van der Waals surface area contributed by atoms with Crippen LogP contribution in [0.2, 0.25) is 0 Å². The molecule has 8 nitrogen and oxygen atoms in total. The summed E-state index contributed by atoms with van der Waals surface area (Å²) in [4.78, 5) is 1.54. The van der Waals surface area contributed by atoms with Gasteiger partial charge in [0, 0.05) is 6.20 Å². The smallest absolute Gasteiger partial charge is 0.209 e. The number of H-pyrrole nitrogens is 1. The lowest BCUT2D eigenvalue weighted by Crippen LogP contribution is -2.04. The average Bonchev–Trinajstić information content (AvgIpc) is 3.35. The van der Waals surface area contributed by atoms with Crippen LogP contribution in [0.15, 0.2) is 54.7 Å². The SMILES string of the molecule is COc1ccc(Cn2nnc(-c3c[nH]n(-c4ccc(OC)cc4)c3=S)n2)cc1. The Labute approximate surface area is 166 Å². The van der Waals surface area contributed by atoms with Gasteiger partial charge in [-0.3, -0.25) is 5.10 Å².